The van der Waals surface area contributed by atoms with Crippen LogP contribution in [0, 0.1) is 10.8 Å². The third-order valence-corrected chi connectivity index (χ3v) is 4.41. The average molecular weight is 406 g/mol. The van der Waals surface area contributed by atoms with Crippen LogP contribution in [0.5, 0.6) is 0 Å². The summed E-state index contributed by atoms with van der Waals surface area (Å²) in [6.45, 7) is 10.6. The molecular formula is C17H29Cl2N5O2. The zero-order valence-electron chi connectivity index (χ0n) is 15.9. The van der Waals surface area contributed by atoms with Gasteiger partial charge in [-0.05, 0) is 11.8 Å². The molecule has 0 bridgehead atoms. The molecule has 2 amide bonds. The molecule has 1 atom stereocenters. The van der Waals surface area contributed by atoms with Crippen LogP contribution in [0.4, 0.5) is 5.82 Å². The molecule has 2 rings (SSSR count). The fourth-order valence-corrected chi connectivity index (χ4v) is 2.58. The van der Waals surface area contributed by atoms with Crippen LogP contribution < -0.4 is 11.1 Å². The van der Waals surface area contributed by atoms with Gasteiger partial charge in [-0.25, -0.2) is 9.97 Å². The van der Waals surface area contributed by atoms with Crippen molar-refractivity contribution in [2.75, 3.05) is 18.4 Å². The van der Waals surface area contributed by atoms with Crippen molar-refractivity contribution in [3.05, 3.63) is 18.1 Å². The lowest BCUT2D eigenvalue weighted by atomic mass is 9.79. The maximum atomic E-state index is 12.9. The Morgan fingerprint density at radius 2 is 1.81 bits per heavy atom. The average Bonchev–Trinajstić information content (AvgIpc) is 2.49. The number of carbonyl (C=O) groups excluding carboxylic acids is 2. The van der Waals surface area contributed by atoms with Crippen LogP contribution in [0.15, 0.2) is 12.4 Å². The summed E-state index contributed by atoms with van der Waals surface area (Å²) in [7, 11) is 0. The van der Waals surface area contributed by atoms with Gasteiger partial charge in [0, 0.05) is 36.9 Å². The standard InChI is InChI=1S/C17H27N5O2.2ClH/c1-16(2,3)15(24)21-13-12(19-7-8-20-13)14(23)22-9-6-11(18)17(4,5)10-22;;/h7-8,11H,6,9-10,18H2,1-5H3,(H,20,21,24);2*1H. The van der Waals surface area contributed by atoms with E-state index in [0.29, 0.717) is 13.1 Å². The number of halogens is 2. The Hall–Kier alpha value is -1.44. The highest BCUT2D eigenvalue weighted by molar-refractivity contribution is 6.02. The highest BCUT2D eigenvalue weighted by atomic mass is 35.5. The Labute approximate surface area is 167 Å². The zero-order valence-corrected chi connectivity index (χ0v) is 17.5. The Morgan fingerprint density at radius 3 is 2.35 bits per heavy atom. The van der Waals surface area contributed by atoms with Crippen molar-refractivity contribution in [1.29, 1.82) is 0 Å². The highest BCUT2D eigenvalue weighted by Gasteiger charge is 2.37. The maximum absolute atomic E-state index is 12.9. The first kappa shape index (κ1) is 24.6. The van der Waals surface area contributed by atoms with Crippen molar-refractivity contribution in [2.24, 2.45) is 16.6 Å². The molecule has 1 aliphatic rings. The van der Waals surface area contributed by atoms with Gasteiger partial charge in [-0.15, -0.1) is 24.8 Å². The minimum Gasteiger partial charge on any atom is -0.337 e. The second kappa shape index (κ2) is 8.97. The van der Waals surface area contributed by atoms with Crippen molar-refractivity contribution in [3.8, 4) is 0 Å². The van der Waals surface area contributed by atoms with Crippen LogP contribution in [0.25, 0.3) is 0 Å². The number of amides is 2. The second-order valence-corrected chi connectivity index (χ2v) is 8.07. The summed E-state index contributed by atoms with van der Waals surface area (Å²) in [5.74, 6) is -0.236. The number of nitrogens with two attached hydrogens (primary N) is 1. The molecule has 3 N–H and O–H groups in total. The minimum atomic E-state index is -0.586. The summed E-state index contributed by atoms with van der Waals surface area (Å²) in [6, 6.07) is 0.0588. The number of hydrogen-bond acceptors (Lipinski definition) is 5. The predicted octanol–water partition coefficient (Wildman–Crippen LogP) is 2.50. The number of aromatic nitrogens is 2. The molecule has 1 aromatic rings. The first-order valence-electron chi connectivity index (χ1n) is 8.20. The van der Waals surface area contributed by atoms with Gasteiger partial charge < -0.3 is 16.0 Å². The summed E-state index contributed by atoms with van der Waals surface area (Å²) in [6.07, 6.45) is 3.66. The first-order chi connectivity index (χ1) is 11.0. The fourth-order valence-electron chi connectivity index (χ4n) is 2.58. The van der Waals surface area contributed by atoms with E-state index >= 15 is 0 Å². The second-order valence-electron chi connectivity index (χ2n) is 8.07. The molecule has 9 heteroatoms. The summed E-state index contributed by atoms with van der Waals surface area (Å²) < 4.78 is 0. The van der Waals surface area contributed by atoms with E-state index in [1.54, 1.807) is 25.7 Å². The molecule has 0 spiro atoms. The Morgan fingerprint density at radius 1 is 1.23 bits per heavy atom. The number of hydrogen-bond donors (Lipinski definition) is 2. The van der Waals surface area contributed by atoms with Gasteiger partial charge in [-0.3, -0.25) is 9.59 Å². The van der Waals surface area contributed by atoms with Crippen LogP contribution >= 0.6 is 24.8 Å². The molecular weight excluding hydrogens is 377 g/mol. The van der Waals surface area contributed by atoms with Crippen molar-refractivity contribution in [2.45, 2.75) is 47.1 Å². The van der Waals surface area contributed by atoms with Crippen LogP contribution in [0.3, 0.4) is 0 Å². The lowest BCUT2D eigenvalue weighted by Gasteiger charge is -2.42. The van der Waals surface area contributed by atoms with Gasteiger partial charge in [0.25, 0.3) is 5.91 Å². The van der Waals surface area contributed by atoms with E-state index < -0.39 is 5.41 Å². The van der Waals surface area contributed by atoms with Crippen LogP contribution in [0.2, 0.25) is 0 Å². The first-order valence-corrected chi connectivity index (χ1v) is 8.20. The van der Waals surface area contributed by atoms with E-state index in [9.17, 15) is 9.59 Å². The normalized spacial score (nSPS) is 19.0. The number of likely N-dealkylation sites (tertiary alicyclic amines) is 1. The SMILES string of the molecule is CC(C)(C)C(=O)Nc1nccnc1C(=O)N1CCC(N)C(C)(C)C1.Cl.Cl. The molecule has 0 aliphatic carbocycles. The van der Waals surface area contributed by atoms with Gasteiger partial charge in [0.1, 0.15) is 0 Å². The van der Waals surface area contributed by atoms with E-state index in [4.69, 9.17) is 5.73 Å². The van der Waals surface area contributed by atoms with Crippen molar-refractivity contribution in [3.63, 3.8) is 0 Å². The molecule has 1 fully saturated rings. The van der Waals surface area contributed by atoms with Gasteiger partial charge in [-0.1, -0.05) is 34.6 Å². The summed E-state index contributed by atoms with van der Waals surface area (Å²) >= 11 is 0. The van der Waals surface area contributed by atoms with Gasteiger partial charge >= 0.3 is 0 Å². The van der Waals surface area contributed by atoms with Crippen LogP contribution in [-0.2, 0) is 4.79 Å². The number of anilines is 1. The predicted molar refractivity (Wildman–Crippen MR) is 107 cm³/mol. The van der Waals surface area contributed by atoms with Gasteiger partial charge in [0.15, 0.2) is 11.5 Å². The molecule has 148 valence electrons. The van der Waals surface area contributed by atoms with E-state index in [2.05, 4.69) is 29.1 Å². The van der Waals surface area contributed by atoms with E-state index in [1.807, 2.05) is 0 Å². The topological polar surface area (TPSA) is 101 Å². The van der Waals surface area contributed by atoms with Crippen molar-refractivity contribution < 1.29 is 9.59 Å². The van der Waals surface area contributed by atoms with Crippen molar-refractivity contribution >= 4 is 42.4 Å². The van der Waals surface area contributed by atoms with Crippen molar-refractivity contribution in [1.82, 2.24) is 14.9 Å². The molecule has 0 saturated carbocycles. The Balaban J connectivity index is 0.00000312. The Kier molecular flexibility index (Phi) is 8.47. The number of rotatable bonds is 2. The molecule has 1 aliphatic heterocycles. The summed E-state index contributed by atoms with van der Waals surface area (Å²) in [4.78, 5) is 35.1. The maximum Gasteiger partial charge on any atom is 0.276 e. The number of nitrogens with zero attached hydrogens (tertiary/aromatic N) is 3. The third kappa shape index (κ3) is 5.53. The number of piperidine rings is 1. The molecule has 1 unspecified atom stereocenters. The van der Waals surface area contributed by atoms with E-state index in [0.717, 1.165) is 6.42 Å². The summed E-state index contributed by atoms with van der Waals surface area (Å²) in [5.41, 5.74) is 5.55. The fraction of sp³-hybridized carbons (Fsp3) is 0.647. The molecule has 0 radical (unpaired) electrons. The quantitative estimate of drug-likeness (QED) is 0.786. The molecule has 1 aromatic heterocycles. The largest absolute Gasteiger partial charge is 0.337 e. The molecule has 26 heavy (non-hydrogen) atoms. The minimum absolute atomic E-state index is 0. The van der Waals surface area contributed by atoms with Crippen LogP contribution in [0.1, 0.15) is 51.5 Å². The van der Waals surface area contributed by atoms with Gasteiger partial charge in [0.2, 0.25) is 5.91 Å². The lowest BCUT2D eigenvalue weighted by Crippen LogP contribution is -2.54. The molecule has 7 nitrogen and oxygen atoms in total. The molecule has 0 aromatic carbocycles. The van der Waals surface area contributed by atoms with E-state index in [1.165, 1.54) is 12.4 Å². The number of nitrogens with one attached hydrogen (secondary N) is 1. The molecule has 2 heterocycles. The third-order valence-electron chi connectivity index (χ3n) is 4.41. The highest BCUT2D eigenvalue weighted by Crippen LogP contribution is 2.29. The van der Waals surface area contributed by atoms with Gasteiger partial charge in [0.05, 0.1) is 0 Å². The molecule has 1 saturated heterocycles. The Bertz CT molecular complexity index is 646. The lowest BCUT2D eigenvalue weighted by molar-refractivity contribution is -0.123. The number of carbonyl (C=O) groups is 2. The zero-order chi connectivity index (χ0) is 18.1. The smallest absolute Gasteiger partial charge is 0.276 e. The summed E-state index contributed by atoms with van der Waals surface area (Å²) in [5, 5.41) is 2.72. The van der Waals surface area contributed by atoms with Crippen LogP contribution in [-0.4, -0.2) is 45.8 Å². The van der Waals surface area contributed by atoms with Gasteiger partial charge in [-0.2, -0.15) is 0 Å². The van der Waals surface area contributed by atoms with E-state index in [-0.39, 0.29) is 59.6 Å². The monoisotopic (exact) mass is 405 g/mol.